The highest BCUT2D eigenvalue weighted by molar-refractivity contribution is 5.85. The molecule has 168 valence electrons. The van der Waals surface area contributed by atoms with Gasteiger partial charge in [-0.3, -0.25) is 4.79 Å². The molecule has 8 heteroatoms. The van der Waals surface area contributed by atoms with Gasteiger partial charge in [0.25, 0.3) is 0 Å². The fraction of sp³-hybridized carbons (Fsp3) is 0.391. The minimum absolute atomic E-state index is 0.00784. The Balaban J connectivity index is 1.85. The van der Waals surface area contributed by atoms with Crippen LogP contribution in [0, 0.1) is 5.82 Å². The number of ether oxygens (including phenoxy) is 3. The van der Waals surface area contributed by atoms with Gasteiger partial charge in [0.2, 0.25) is 5.91 Å². The zero-order chi connectivity index (χ0) is 22.9. The number of methoxy groups -OCH3 is 1. The molecule has 0 aromatic heterocycles. The van der Waals surface area contributed by atoms with Crippen LogP contribution >= 0.6 is 0 Å². The summed E-state index contributed by atoms with van der Waals surface area (Å²) in [5, 5.41) is 5.26. The second kappa shape index (κ2) is 11.3. The topological polar surface area (TPSA) is 85.9 Å². The van der Waals surface area contributed by atoms with Gasteiger partial charge in [-0.05, 0) is 44.5 Å². The van der Waals surface area contributed by atoms with E-state index in [9.17, 15) is 14.0 Å². The van der Waals surface area contributed by atoms with E-state index >= 15 is 0 Å². The number of carbonyl (C=O) groups is 2. The molecule has 0 aliphatic heterocycles. The highest BCUT2D eigenvalue weighted by atomic mass is 19.1. The molecule has 2 aromatic carbocycles. The summed E-state index contributed by atoms with van der Waals surface area (Å²) in [6.07, 6.45) is -0.693. The maximum absolute atomic E-state index is 13.6. The molecule has 0 aliphatic carbocycles. The molecular formula is C23H29FN2O5. The van der Waals surface area contributed by atoms with Gasteiger partial charge in [0.15, 0.2) is 0 Å². The van der Waals surface area contributed by atoms with Gasteiger partial charge in [-0.15, -0.1) is 0 Å². The van der Waals surface area contributed by atoms with Crippen molar-refractivity contribution in [3.63, 3.8) is 0 Å². The van der Waals surface area contributed by atoms with Crippen molar-refractivity contribution in [2.75, 3.05) is 13.7 Å². The van der Waals surface area contributed by atoms with Gasteiger partial charge < -0.3 is 24.8 Å². The molecule has 0 aliphatic rings. The van der Waals surface area contributed by atoms with Crippen LogP contribution in [0.1, 0.15) is 31.9 Å². The van der Waals surface area contributed by atoms with Crippen LogP contribution in [0.4, 0.5) is 9.18 Å². The molecule has 1 atom stereocenters. The lowest BCUT2D eigenvalue weighted by molar-refractivity contribution is -0.124. The lowest BCUT2D eigenvalue weighted by Gasteiger charge is -2.23. The molecule has 2 N–H and O–H groups in total. The SMILES string of the molecule is COC[C@@H](NC(=O)OC(C)(C)C)C(=O)NCc1ccc(OCc2ccccc2F)cc1. The molecular weight excluding hydrogens is 403 g/mol. The average Bonchev–Trinajstić information content (AvgIpc) is 2.70. The van der Waals surface area contributed by atoms with Crippen molar-refractivity contribution in [1.29, 1.82) is 0 Å². The standard InChI is InChI=1S/C23H29FN2O5/c1-23(2,3)31-22(28)26-20(15-29-4)21(27)25-13-16-9-11-18(12-10-16)30-14-17-7-5-6-8-19(17)24/h5-12,20H,13-15H2,1-4H3,(H,25,27)(H,26,28)/t20-/m1/s1. The van der Waals surface area contributed by atoms with Crippen LogP contribution in [0.5, 0.6) is 5.75 Å². The Bertz CT molecular complexity index is 865. The summed E-state index contributed by atoms with van der Waals surface area (Å²) in [4.78, 5) is 24.4. The summed E-state index contributed by atoms with van der Waals surface area (Å²) in [5.74, 6) is -0.123. The maximum atomic E-state index is 13.6. The highest BCUT2D eigenvalue weighted by Gasteiger charge is 2.24. The van der Waals surface area contributed by atoms with Gasteiger partial charge >= 0.3 is 6.09 Å². The molecule has 0 saturated carbocycles. The third-order valence-corrected chi connectivity index (χ3v) is 4.08. The van der Waals surface area contributed by atoms with Crippen molar-refractivity contribution in [2.45, 2.75) is 45.6 Å². The summed E-state index contributed by atoms with van der Waals surface area (Å²) < 4.78 is 29.5. The largest absolute Gasteiger partial charge is 0.489 e. The first-order valence-electron chi connectivity index (χ1n) is 9.89. The molecule has 0 bridgehead atoms. The van der Waals surface area contributed by atoms with E-state index in [1.54, 1.807) is 63.2 Å². The van der Waals surface area contributed by atoms with Gasteiger partial charge in [0.05, 0.1) is 6.61 Å². The Hall–Kier alpha value is -3.13. The Morgan fingerprint density at radius 2 is 1.74 bits per heavy atom. The number of carbonyl (C=O) groups excluding carboxylic acids is 2. The summed E-state index contributed by atoms with van der Waals surface area (Å²) in [5.41, 5.74) is 0.634. The number of benzene rings is 2. The lowest BCUT2D eigenvalue weighted by Crippen LogP contribution is -2.50. The zero-order valence-electron chi connectivity index (χ0n) is 18.2. The normalized spacial score (nSPS) is 12.0. The Labute approximate surface area is 181 Å². The van der Waals surface area contributed by atoms with Crippen molar-refractivity contribution < 1.29 is 28.2 Å². The molecule has 2 aromatic rings. The van der Waals surface area contributed by atoms with E-state index in [1.807, 2.05) is 0 Å². The number of halogens is 1. The van der Waals surface area contributed by atoms with Crippen molar-refractivity contribution in [2.24, 2.45) is 0 Å². The summed E-state index contributed by atoms with van der Waals surface area (Å²) in [7, 11) is 1.44. The van der Waals surface area contributed by atoms with Crippen molar-refractivity contribution in [3.8, 4) is 5.75 Å². The molecule has 0 heterocycles. The average molecular weight is 432 g/mol. The molecule has 7 nitrogen and oxygen atoms in total. The van der Waals surface area contributed by atoms with Gasteiger partial charge in [-0.25, -0.2) is 9.18 Å². The quantitative estimate of drug-likeness (QED) is 0.633. The van der Waals surface area contributed by atoms with Crippen molar-refractivity contribution in [1.82, 2.24) is 10.6 Å². The predicted octanol–water partition coefficient (Wildman–Crippen LogP) is 3.56. The molecule has 2 rings (SSSR count). The second-order valence-corrected chi connectivity index (χ2v) is 7.90. The van der Waals surface area contributed by atoms with Gasteiger partial charge in [-0.1, -0.05) is 30.3 Å². The van der Waals surface area contributed by atoms with Crippen LogP contribution < -0.4 is 15.4 Å². The Kier molecular flexibility index (Phi) is 8.81. The first-order chi connectivity index (χ1) is 14.7. The van der Waals surface area contributed by atoms with Crippen LogP contribution in [0.25, 0.3) is 0 Å². The van der Waals surface area contributed by atoms with E-state index in [0.717, 1.165) is 5.56 Å². The molecule has 0 spiro atoms. The number of hydrogen-bond acceptors (Lipinski definition) is 5. The third kappa shape index (κ3) is 8.64. The van der Waals surface area contributed by atoms with Crippen molar-refractivity contribution >= 4 is 12.0 Å². The smallest absolute Gasteiger partial charge is 0.408 e. The summed E-state index contributed by atoms with van der Waals surface area (Å²) >= 11 is 0. The third-order valence-electron chi connectivity index (χ3n) is 4.08. The number of hydrogen-bond donors (Lipinski definition) is 2. The number of rotatable bonds is 9. The maximum Gasteiger partial charge on any atom is 0.408 e. The predicted molar refractivity (Wildman–Crippen MR) is 114 cm³/mol. The number of amides is 2. The van der Waals surface area contributed by atoms with Crippen LogP contribution in [-0.2, 0) is 27.4 Å². The molecule has 0 unspecified atom stereocenters. The molecule has 0 fully saturated rings. The van der Waals surface area contributed by atoms with E-state index < -0.39 is 23.6 Å². The fourth-order valence-corrected chi connectivity index (χ4v) is 2.59. The van der Waals surface area contributed by atoms with Crippen LogP contribution in [-0.4, -0.2) is 37.4 Å². The number of nitrogens with one attached hydrogen (secondary N) is 2. The van der Waals surface area contributed by atoms with Crippen LogP contribution in [0.3, 0.4) is 0 Å². The Morgan fingerprint density at radius 1 is 1.06 bits per heavy atom. The van der Waals surface area contributed by atoms with Crippen LogP contribution in [0.2, 0.25) is 0 Å². The number of alkyl carbamates (subject to hydrolysis) is 1. The van der Waals surface area contributed by atoms with E-state index in [0.29, 0.717) is 11.3 Å². The van der Waals surface area contributed by atoms with E-state index in [-0.39, 0.29) is 25.6 Å². The molecule has 0 radical (unpaired) electrons. The molecule has 31 heavy (non-hydrogen) atoms. The fourth-order valence-electron chi connectivity index (χ4n) is 2.59. The molecule has 2 amide bonds. The second-order valence-electron chi connectivity index (χ2n) is 7.90. The Morgan fingerprint density at radius 3 is 2.35 bits per heavy atom. The molecule has 0 saturated heterocycles. The van der Waals surface area contributed by atoms with E-state index in [1.165, 1.54) is 13.2 Å². The lowest BCUT2D eigenvalue weighted by atomic mass is 10.2. The highest BCUT2D eigenvalue weighted by Crippen LogP contribution is 2.15. The first-order valence-corrected chi connectivity index (χ1v) is 9.89. The monoisotopic (exact) mass is 432 g/mol. The zero-order valence-corrected chi connectivity index (χ0v) is 18.2. The van der Waals surface area contributed by atoms with E-state index in [2.05, 4.69) is 10.6 Å². The van der Waals surface area contributed by atoms with Gasteiger partial charge in [0, 0.05) is 19.2 Å². The minimum atomic E-state index is -0.886. The van der Waals surface area contributed by atoms with E-state index in [4.69, 9.17) is 14.2 Å². The van der Waals surface area contributed by atoms with Crippen molar-refractivity contribution in [3.05, 3.63) is 65.5 Å². The minimum Gasteiger partial charge on any atom is -0.489 e. The van der Waals surface area contributed by atoms with Crippen LogP contribution in [0.15, 0.2) is 48.5 Å². The first kappa shape index (κ1) is 24.1. The summed E-state index contributed by atoms with van der Waals surface area (Å²) in [6.45, 7) is 5.60. The van der Waals surface area contributed by atoms with Gasteiger partial charge in [0.1, 0.15) is 29.8 Å². The summed E-state index contributed by atoms with van der Waals surface area (Å²) in [6, 6.07) is 12.6. The van der Waals surface area contributed by atoms with Gasteiger partial charge in [-0.2, -0.15) is 0 Å².